The molecule has 0 aliphatic carbocycles. The second-order valence-electron chi connectivity index (χ2n) is 5.28. The second-order valence-corrected chi connectivity index (χ2v) is 6.10. The molecule has 140 valence electrons. The van der Waals surface area contributed by atoms with Gasteiger partial charge in [-0.15, -0.1) is 0 Å². The molecule has 0 spiro atoms. The molecule has 9 heteroatoms. The van der Waals surface area contributed by atoms with E-state index in [1.807, 2.05) is 0 Å². The molecule has 27 heavy (non-hydrogen) atoms. The van der Waals surface area contributed by atoms with Crippen molar-refractivity contribution >= 4 is 22.9 Å². The molecule has 0 fully saturated rings. The zero-order valence-electron chi connectivity index (χ0n) is 13.9. The lowest BCUT2D eigenvalue weighted by Crippen LogP contribution is -2.12. The molecule has 0 aliphatic rings. The third-order valence-corrected chi connectivity index (χ3v) is 4.16. The van der Waals surface area contributed by atoms with Gasteiger partial charge >= 0.3 is 6.18 Å². The van der Waals surface area contributed by atoms with Gasteiger partial charge in [-0.25, -0.2) is 0 Å². The van der Waals surface area contributed by atoms with Gasteiger partial charge in [0, 0.05) is 11.1 Å². The fraction of sp³-hybridized carbons (Fsp3) is 0.111. The summed E-state index contributed by atoms with van der Waals surface area (Å²) in [5, 5.41) is 3.48. The summed E-state index contributed by atoms with van der Waals surface area (Å²) in [5.74, 6) is 0.392. The number of anilines is 1. The van der Waals surface area contributed by atoms with Crippen molar-refractivity contribution in [1.82, 2.24) is 4.98 Å². The summed E-state index contributed by atoms with van der Waals surface area (Å²) in [5.41, 5.74) is -0.126. The molecule has 0 bridgehead atoms. The Bertz CT molecular complexity index is 940. The van der Waals surface area contributed by atoms with Crippen molar-refractivity contribution in [2.24, 2.45) is 0 Å². The number of hydrogen-bond acceptors (Lipinski definition) is 5. The zero-order valence-corrected chi connectivity index (χ0v) is 14.7. The third-order valence-electron chi connectivity index (χ3n) is 3.44. The second kappa shape index (κ2) is 7.67. The van der Waals surface area contributed by atoms with E-state index < -0.39 is 11.9 Å². The summed E-state index contributed by atoms with van der Waals surface area (Å²) in [7, 11) is 1.47. The average molecular weight is 394 g/mol. The van der Waals surface area contributed by atoms with Crippen LogP contribution in [0.25, 0.3) is 0 Å². The lowest BCUT2D eigenvalue weighted by molar-refractivity contribution is -0.140. The van der Waals surface area contributed by atoms with Crippen molar-refractivity contribution in [3.8, 4) is 16.7 Å². The minimum absolute atomic E-state index is 0.117. The molecular formula is C18H13F3N2O3S. The van der Waals surface area contributed by atoms with E-state index in [0.717, 1.165) is 16.7 Å². The highest BCUT2D eigenvalue weighted by Gasteiger charge is 2.34. The number of methoxy groups -OCH3 is 1. The van der Waals surface area contributed by atoms with Crippen LogP contribution < -0.4 is 14.8 Å². The first kappa shape index (κ1) is 18.7. The molecule has 0 aliphatic heterocycles. The lowest BCUT2D eigenvalue weighted by atomic mass is 10.2. The number of aromatic nitrogens is 1. The van der Waals surface area contributed by atoms with Crippen LogP contribution in [-0.2, 0) is 6.18 Å². The lowest BCUT2D eigenvalue weighted by Gasteiger charge is -2.09. The Kier molecular flexibility index (Phi) is 5.31. The Morgan fingerprint density at radius 2 is 1.81 bits per heavy atom. The molecule has 0 saturated carbocycles. The molecule has 2 aromatic carbocycles. The van der Waals surface area contributed by atoms with Gasteiger partial charge in [-0.1, -0.05) is 23.5 Å². The van der Waals surface area contributed by atoms with Crippen molar-refractivity contribution in [2.45, 2.75) is 6.18 Å². The van der Waals surface area contributed by atoms with Gasteiger partial charge in [0.05, 0.1) is 12.7 Å². The maximum Gasteiger partial charge on any atom is 0.434 e. The SMILES string of the molecule is COc1ccccc1C(=O)Nc1ccc(Oc2nc(C(F)(F)F)cs2)cc1. The van der Waals surface area contributed by atoms with Crippen molar-refractivity contribution in [1.29, 1.82) is 0 Å². The van der Waals surface area contributed by atoms with Crippen LogP contribution in [-0.4, -0.2) is 18.0 Å². The van der Waals surface area contributed by atoms with Crippen LogP contribution in [0.4, 0.5) is 18.9 Å². The molecule has 0 saturated heterocycles. The monoisotopic (exact) mass is 394 g/mol. The molecular weight excluding hydrogens is 381 g/mol. The van der Waals surface area contributed by atoms with Gasteiger partial charge in [0.2, 0.25) is 0 Å². The van der Waals surface area contributed by atoms with Crippen LogP contribution in [0.1, 0.15) is 16.1 Å². The summed E-state index contributed by atoms with van der Waals surface area (Å²) >= 11 is 0.751. The summed E-state index contributed by atoms with van der Waals surface area (Å²) in [6, 6.07) is 13.0. The van der Waals surface area contributed by atoms with Crippen molar-refractivity contribution in [2.75, 3.05) is 12.4 Å². The Balaban J connectivity index is 1.67. The van der Waals surface area contributed by atoms with Crippen LogP contribution in [0, 0.1) is 0 Å². The van der Waals surface area contributed by atoms with Gasteiger partial charge in [-0.2, -0.15) is 18.2 Å². The van der Waals surface area contributed by atoms with Crippen LogP contribution in [0.2, 0.25) is 0 Å². The van der Waals surface area contributed by atoms with Crippen LogP contribution in [0.5, 0.6) is 16.7 Å². The van der Waals surface area contributed by atoms with E-state index in [2.05, 4.69) is 10.3 Å². The number of para-hydroxylation sites is 1. The van der Waals surface area contributed by atoms with Crippen LogP contribution in [0.15, 0.2) is 53.9 Å². The minimum atomic E-state index is -4.51. The number of nitrogens with zero attached hydrogens (tertiary/aromatic N) is 1. The maximum atomic E-state index is 12.5. The number of alkyl halides is 3. The van der Waals surface area contributed by atoms with Gasteiger partial charge in [0.1, 0.15) is 11.5 Å². The summed E-state index contributed by atoms with van der Waals surface area (Å²) in [4.78, 5) is 15.7. The largest absolute Gasteiger partial charge is 0.496 e. The smallest absolute Gasteiger partial charge is 0.434 e. The van der Waals surface area contributed by atoms with E-state index in [-0.39, 0.29) is 11.1 Å². The van der Waals surface area contributed by atoms with E-state index in [0.29, 0.717) is 22.7 Å². The molecule has 1 N–H and O–H groups in total. The predicted octanol–water partition coefficient (Wildman–Crippen LogP) is 5.22. The van der Waals surface area contributed by atoms with E-state index in [1.54, 1.807) is 36.4 Å². The van der Waals surface area contributed by atoms with Gasteiger partial charge < -0.3 is 14.8 Å². The minimum Gasteiger partial charge on any atom is -0.496 e. The molecule has 3 rings (SSSR count). The molecule has 5 nitrogen and oxygen atoms in total. The fourth-order valence-corrected chi connectivity index (χ4v) is 2.87. The molecule has 0 unspecified atom stereocenters. The number of rotatable bonds is 5. The highest BCUT2D eigenvalue weighted by molar-refractivity contribution is 7.11. The predicted molar refractivity (Wildman–Crippen MR) is 94.6 cm³/mol. The first-order chi connectivity index (χ1) is 12.9. The summed E-state index contributed by atoms with van der Waals surface area (Å²) in [6.07, 6.45) is -4.51. The summed E-state index contributed by atoms with van der Waals surface area (Å²) < 4.78 is 48.1. The Morgan fingerprint density at radius 3 is 2.44 bits per heavy atom. The highest BCUT2D eigenvalue weighted by atomic mass is 32.1. The van der Waals surface area contributed by atoms with E-state index in [1.165, 1.54) is 19.2 Å². The van der Waals surface area contributed by atoms with Crippen molar-refractivity contribution < 1.29 is 27.4 Å². The molecule has 1 amide bonds. The van der Waals surface area contributed by atoms with E-state index in [9.17, 15) is 18.0 Å². The van der Waals surface area contributed by atoms with E-state index in [4.69, 9.17) is 9.47 Å². The Morgan fingerprint density at radius 1 is 1.11 bits per heavy atom. The number of thiazole rings is 1. The quantitative estimate of drug-likeness (QED) is 0.645. The van der Waals surface area contributed by atoms with Crippen LogP contribution >= 0.6 is 11.3 Å². The Hall–Kier alpha value is -3.07. The van der Waals surface area contributed by atoms with Gasteiger partial charge in [-0.05, 0) is 36.4 Å². The fourth-order valence-electron chi connectivity index (χ4n) is 2.17. The first-order valence-corrected chi connectivity index (χ1v) is 8.50. The topological polar surface area (TPSA) is 60.5 Å². The Labute approximate surface area is 156 Å². The van der Waals surface area contributed by atoms with Crippen molar-refractivity contribution in [3.05, 3.63) is 65.2 Å². The highest BCUT2D eigenvalue weighted by Crippen LogP contribution is 2.34. The average Bonchev–Trinajstić information content (AvgIpc) is 3.12. The molecule has 0 radical (unpaired) electrons. The number of nitrogens with one attached hydrogen (secondary N) is 1. The standard InChI is InChI=1S/C18H13F3N2O3S/c1-25-14-5-3-2-4-13(14)16(24)22-11-6-8-12(9-7-11)26-17-23-15(10-27-17)18(19,20)21/h2-10H,1H3,(H,22,24). The molecule has 1 heterocycles. The van der Waals surface area contributed by atoms with Crippen molar-refractivity contribution in [3.63, 3.8) is 0 Å². The number of carbonyl (C=O) groups is 1. The summed E-state index contributed by atoms with van der Waals surface area (Å²) in [6.45, 7) is 0. The first-order valence-electron chi connectivity index (χ1n) is 7.62. The number of carbonyl (C=O) groups excluding carboxylic acids is 1. The number of benzene rings is 2. The number of ether oxygens (including phenoxy) is 2. The zero-order chi connectivity index (χ0) is 19.4. The third kappa shape index (κ3) is 4.56. The number of halogens is 3. The molecule has 0 atom stereocenters. The molecule has 3 aromatic rings. The number of amides is 1. The maximum absolute atomic E-state index is 12.5. The van der Waals surface area contributed by atoms with E-state index >= 15 is 0 Å². The number of hydrogen-bond donors (Lipinski definition) is 1. The van der Waals surface area contributed by atoms with Crippen LogP contribution in [0.3, 0.4) is 0 Å². The molecule has 1 aromatic heterocycles. The van der Waals surface area contributed by atoms with Gasteiger partial charge in [-0.3, -0.25) is 4.79 Å². The van der Waals surface area contributed by atoms with Gasteiger partial charge in [0.25, 0.3) is 11.1 Å². The normalized spacial score (nSPS) is 11.1. The van der Waals surface area contributed by atoms with Gasteiger partial charge in [0.15, 0.2) is 5.69 Å².